The molecule has 0 fully saturated rings. The van der Waals surface area contributed by atoms with Crippen LogP contribution < -0.4 is 0 Å². The number of nitrogens with zero attached hydrogens (tertiary/aromatic N) is 1. The summed E-state index contributed by atoms with van der Waals surface area (Å²) < 4.78 is 13.7. The normalized spacial score (nSPS) is 12.1. The van der Waals surface area contributed by atoms with Gasteiger partial charge in [0, 0.05) is 9.90 Å². The van der Waals surface area contributed by atoms with E-state index in [0.29, 0.717) is 10.6 Å². The van der Waals surface area contributed by atoms with Gasteiger partial charge < -0.3 is 15.1 Å². The van der Waals surface area contributed by atoms with Crippen molar-refractivity contribution in [2.75, 3.05) is 0 Å². The van der Waals surface area contributed by atoms with Crippen LogP contribution in [0.5, 0.6) is 0 Å². The average Bonchev–Trinajstić information content (AvgIpc) is 3.30. The summed E-state index contributed by atoms with van der Waals surface area (Å²) in [6.07, 6.45) is -1.58. The summed E-state index contributed by atoms with van der Waals surface area (Å²) in [5.74, 6) is -0.794. The first-order chi connectivity index (χ1) is 16.8. The van der Waals surface area contributed by atoms with Gasteiger partial charge in [0.15, 0.2) is 6.29 Å². The maximum Gasteiger partial charge on any atom is 0.256 e. The van der Waals surface area contributed by atoms with Crippen molar-refractivity contribution < 1.29 is 19.4 Å². The minimum absolute atomic E-state index is 0.104. The Bertz CT molecular complexity index is 1310. The van der Waals surface area contributed by atoms with Gasteiger partial charge in [0.25, 0.3) is 5.91 Å². The first-order valence-corrected chi connectivity index (χ1v) is 12.4. The predicted octanol–water partition coefficient (Wildman–Crippen LogP) is 6.43. The molecule has 1 heterocycles. The average molecular weight is 530 g/mol. The summed E-state index contributed by atoms with van der Waals surface area (Å²) in [6.45, 7) is 0.104. The standard InChI is InChI=1S/C27H22Cl2FNO3S/c28-20-9-10-23(24(29)14-20)26(32)31(25(27(33)34)11-17-5-2-1-3-6-17)15-22-13-19(16-35-22)18-7-4-8-21(30)12-18/h1-10,12-14,16,25,27,33-34H,11,15H2. The van der Waals surface area contributed by atoms with Gasteiger partial charge in [0.05, 0.1) is 23.2 Å². The number of amides is 1. The lowest BCUT2D eigenvalue weighted by Crippen LogP contribution is -2.48. The fraction of sp³-hybridized carbons (Fsp3) is 0.148. The Labute approximate surface area is 216 Å². The third kappa shape index (κ3) is 6.28. The molecule has 1 amide bonds. The van der Waals surface area contributed by atoms with E-state index in [1.54, 1.807) is 18.2 Å². The maximum absolute atomic E-state index is 13.7. The number of carbonyl (C=O) groups excluding carboxylic acids is 1. The molecular weight excluding hydrogens is 508 g/mol. The molecule has 0 aliphatic carbocycles. The van der Waals surface area contributed by atoms with Crippen LogP contribution in [0.4, 0.5) is 4.39 Å². The van der Waals surface area contributed by atoms with E-state index in [4.69, 9.17) is 23.2 Å². The largest absolute Gasteiger partial charge is 0.366 e. The second-order valence-corrected chi connectivity index (χ2v) is 9.88. The third-order valence-corrected chi connectivity index (χ3v) is 7.06. The molecule has 0 spiro atoms. The van der Waals surface area contributed by atoms with Crippen LogP contribution in [-0.2, 0) is 13.0 Å². The highest BCUT2D eigenvalue weighted by Crippen LogP contribution is 2.30. The molecule has 4 rings (SSSR count). The molecule has 0 saturated carbocycles. The van der Waals surface area contributed by atoms with Crippen molar-refractivity contribution in [3.8, 4) is 11.1 Å². The molecule has 2 N–H and O–H groups in total. The first-order valence-electron chi connectivity index (χ1n) is 10.8. The quantitative estimate of drug-likeness (QED) is 0.258. The van der Waals surface area contributed by atoms with Gasteiger partial charge in [-0.3, -0.25) is 4.79 Å². The van der Waals surface area contributed by atoms with Crippen molar-refractivity contribution in [2.45, 2.75) is 25.3 Å². The minimum atomic E-state index is -1.80. The second-order valence-electron chi connectivity index (χ2n) is 8.04. The number of hydrogen-bond donors (Lipinski definition) is 2. The highest BCUT2D eigenvalue weighted by molar-refractivity contribution is 7.10. The van der Waals surface area contributed by atoms with Gasteiger partial charge in [-0.2, -0.15) is 0 Å². The molecular formula is C27H22Cl2FNO3S. The highest BCUT2D eigenvalue weighted by Gasteiger charge is 2.31. The lowest BCUT2D eigenvalue weighted by molar-refractivity contribution is -0.0941. The lowest BCUT2D eigenvalue weighted by Gasteiger charge is -2.33. The summed E-state index contributed by atoms with van der Waals surface area (Å²) in [5, 5.41) is 23.1. The second kappa shape index (κ2) is 11.3. The zero-order valence-corrected chi connectivity index (χ0v) is 20.8. The molecule has 35 heavy (non-hydrogen) atoms. The van der Waals surface area contributed by atoms with E-state index in [1.165, 1.54) is 40.5 Å². The third-order valence-electron chi connectivity index (χ3n) is 5.59. The molecule has 0 saturated heterocycles. The van der Waals surface area contributed by atoms with E-state index >= 15 is 0 Å². The van der Waals surface area contributed by atoms with E-state index in [9.17, 15) is 19.4 Å². The molecule has 180 valence electrons. The molecule has 1 unspecified atom stereocenters. The number of aliphatic hydroxyl groups excluding tert-OH is 1. The summed E-state index contributed by atoms with van der Waals surface area (Å²) >= 11 is 13.7. The van der Waals surface area contributed by atoms with Crippen molar-refractivity contribution in [3.63, 3.8) is 0 Å². The van der Waals surface area contributed by atoms with E-state index < -0.39 is 18.2 Å². The van der Waals surface area contributed by atoms with Crippen molar-refractivity contribution in [1.82, 2.24) is 4.90 Å². The first kappa shape index (κ1) is 25.4. The molecule has 4 aromatic rings. The summed E-state index contributed by atoms with van der Waals surface area (Å²) in [7, 11) is 0. The van der Waals surface area contributed by atoms with Crippen molar-refractivity contribution in [3.05, 3.63) is 116 Å². The van der Waals surface area contributed by atoms with Crippen LogP contribution in [-0.4, -0.2) is 33.4 Å². The van der Waals surface area contributed by atoms with Crippen LogP contribution in [0.15, 0.2) is 84.2 Å². The summed E-state index contributed by atoms with van der Waals surface area (Å²) in [5.41, 5.74) is 2.58. The van der Waals surface area contributed by atoms with Gasteiger partial charge in [-0.15, -0.1) is 11.3 Å². The van der Waals surface area contributed by atoms with Crippen LogP contribution in [0.25, 0.3) is 11.1 Å². The van der Waals surface area contributed by atoms with Gasteiger partial charge in [-0.05, 0) is 64.9 Å². The van der Waals surface area contributed by atoms with Gasteiger partial charge in [-0.25, -0.2) is 4.39 Å². The smallest absolute Gasteiger partial charge is 0.256 e. The molecule has 1 aromatic heterocycles. The van der Waals surface area contributed by atoms with Crippen LogP contribution in [0.1, 0.15) is 20.8 Å². The number of hydrogen-bond acceptors (Lipinski definition) is 4. The van der Waals surface area contributed by atoms with Crippen LogP contribution >= 0.6 is 34.5 Å². The summed E-state index contributed by atoms with van der Waals surface area (Å²) in [6, 6.07) is 21.0. The highest BCUT2D eigenvalue weighted by atomic mass is 35.5. The topological polar surface area (TPSA) is 60.8 Å². The monoisotopic (exact) mass is 529 g/mol. The van der Waals surface area contributed by atoms with Crippen molar-refractivity contribution in [1.29, 1.82) is 0 Å². The fourth-order valence-electron chi connectivity index (χ4n) is 3.84. The number of carbonyl (C=O) groups is 1. The Morgan fingerprint density at radius 2 is 1.71 bits per heavy atom. The predicted molar refractivity (Wildman–Crippen MR) is 138 cm³/mol. The lowest BCUT2D eigenvalue weighted by atomic mass is 10.0. The summed E-state index contributed by atoms with van der Waals surface area (Å²) in [4.78, 5) is 15.9. The van der Waals surface area contributed by atoms with Crippen LogP contribution in [0.3, 0.4) is 0 Å². The molecule has 0 radical (unpaired) electrons. The number of benzene rings is 3. The van der Waals surface area contributed by atoms with Gasteiger partial charge >= 0.3 is 0 Å². The van der Waals surface area contributed by atoms with E-state index in [2.05, 4.69) is 0 Å². The number of halogens is 3. The minimum Gasteiger partial charge on any atom is -0.366 e. The van der Waals surface area contributed by atoms with E-state index in [1.807, 2.05) is 41.8 Å². The zero-order chi connectivity index (χ0) is 24.9. The van der Waals surface area contributed by atoms with E-state index in [0.717, 1.165) is 16.0 Å². The van der Waals surface area contributed by atoms with Gasteiger partial charge in [-0.1, -0.05) is 65.7 Å². The Balaban J connectivity index is 1.70. The Morgan fingerprint density at radius 1 is 0.943 bits per heavy atom. The maximum atomic E-state index is 13.7. The molecule has 8 heteroatoms. The molecule has 3 aromatic carbocycles. The van der Waals surface area contributed by atoms with Crippen molar-refractivity contribution in [2.24, 2.45) is 0 Å². The Morgan fingerprint density at radius 3 is 2.40 bits per heavy atom. The van der Waals surface area contributed by atoms with Gasteiger partial charge in [0.1, 0.15) is 5.82 Å². The number of rotatable bonds is 8. The van der Waals surface area contributed by atoms with Gasteiger partial charge in [0.2, 0.25) is 0 Å². The van der Waals surface area contributed by atoms with Crippen molar-refractivity contribution >= 4 is 40.4 Å². The molecule has 0 aliphatic rings. The zero-order valence-electron chi connectivity index (χ0n) is 18.4. The van der Waals surface area contributed by atoms with E-state index in [-0.39, 0.29) is 29.4 Å². The molecule has 0 bridgehead atoms. The van der Waals surface area contributed by atoms with Crippen LogP contribution in [0.2, 0.25) is 10.0 Å². The molecule has 1 atom stereocenters. The Kier molecular flexibility index (Phi) is 8.21. The van der Waals surface area contributed by atoms with Crippen LogP contribution in [0, 0.1) is 5.82 Å². The molecule has 0 aliphatic heterocycles. The fourth-order valence-corrected chi connectivity index (χ4v) is 5.22. The SMILES string of the molecule is O=C(c1ccc(Cl)cc1Cl)N(Cc1cc(-c2cccc(F)c2)cs1)C(Cc1ccccc1)C(O)O. The number of thiophene rings is 1. The Hall–Kier alpha value is -2.74. The number of aliphatic hydroxyl groups is 2. The molecule has 4 nitrogen and oxygen atoms in total.